The third-order valence-corrected chi connectivity index (χ3v) is 9.94. The quantitative estimate of drug-likeness (QED) is 0.0956. The van der Waals surface area contributed by atoms with Gasteiger partial charge in [-0.1, -0.05) is 12.2 Å². The maximum atomic E-state index is 15.9. The van der Waals surface area contributed by atoms with Crippen LogP contribution in [0.4, 0.5) is 16.3 Å². The molecule has 7 rings (SSSR count). The number of nitrogens with zero attached hydrogens (tertiary/aromatic N) is 6. The van der Waals surface area contributed by atoms with Gasteiger partial charge >= 0.3 is 14.6 Å². The number of rotatable bonds is 2. The predicted molar refractivity (Wildman–Crippen MR) is 152 cm³/mol. The van der Waals surface area contributed by atoms with E-state index >= 15 is 4.39 Å². The van der Waals surface area contributed by atoms with Gasteiger partial charge in [0, 0.05) is 0 Å². The summed E-state index contributed by atoms with van der Waals surface area (Å²) in [7, 11) is -5.15. The van der Waals surface area contributed by atoms with Crippen LogP contribution in [0.2, 0.25) is 0 Å². The van der Waals surface area contributed by atoms with E-state index in [-0.39, 0.29) is 34.2 Å². The summed E-state index contributed by atoms with van der Waals surface area (Å²) < 4.78 is 77.4. The number of halogens is 1. The molecule has 2 bridgehead atoms. The number of nitrogens with two attached hydrogens (primary N) is 2. The number of aromatic nitrogens is 8. The summed E-state index contributed by atoms with van der Waals surface area (Å²) in [5.74, 6) is -0.576. The third-order valence-electron chi connectivity index (χ3n) is 7.34. The largest absolute Gasteiger partial charge is 0.472 e. The predicted octanol–water partition coefficient (Wildman–Crippen LogP) is -1.13. The highest BCUT2D eigenvalue weighted by molar-refractivity contribution is 8.44. The van der Waals surface area contributed by atoms with Crippen LogP contribution in [-0.2, 0) is 36.7 Å². The number of hydrogen-bond donors (Lipinski definition) is 7. The van der Waals surface area contributed by atoms with Crippen molar-refractivity contribution in [1.82, 2.24) is 39.0 Å². The number of aliphatic hydroxyl groups is 1. The first-order valence-electron chi connectivity index (χ1n) is 13.1. The van der Waals surface area contributed by atoms with Crippen LogP contribution in [0.1, 0.15) is 12.5 Å². The van der Waals surface area contributed by atoms with Crippen molar-refractivity contribution in [3.05, 3.63) is 33.4 Å². The minimum Gasteiger partial charge on any atom is -0.387 e. The highest BCUT2D eigenvalue weighted by Crippen LogP contribution is 2.58. The summed E-state index contributed by atoms with van der Waals surface area (Å²) in [4.78, 5) is 55.5. The van der Waals surface area contributed by atoms with E-state index in [2.05, 4.69) is 42.2 Å². The third kappa shape index (κ3) is 5.44. The van der Waals surface area contributed by atoms with E-state index in [4.69, 9.17) is 39.0 Å². The molecule has 4 aromatic heterocycles. The number of alkyl halides is 1. The van der Waals surface area contributed by atoms with Gasteiger partial charge in [0.15, 0.2) is 41.0 Å². The fourth-order valence-corrected chi connectivity index (χ4v) is 7.75. The van der Waals surface area contributed by atoms with Gasteiger partial charge in [-0.15, -0.1) is 0 Å². The molecule has 3 aliphatic rings. The molecule has 0 spiro atoms. The number of phosphoric acid groups is 1. The molecule has 26 heteroatoms. The van der Waals surface area contributed by atoms with Crippen LogP contribution < -0.4 is 22.6 Å². The van der Waals surface area contributed by atoms with Crippen molar-refractivity contribution in [1.29, 1.82) is 0 Å². The molecule has 7 heterocycles. The number of H-pyrrole nitrogens is 2. The van der Waals surface area contributed by atoms with Gasteiger partial charge in [0.05, 0.1) is 25.9 Å². The summed E-state index contributed by atoms with van der Waals surface area (Å²) in [6, 6.07) is 0. The lowest BCUT2D eigenvalue weighted by Gasteiger charge is -2.26. The lowest BCUT2D eigenvalue weighted by Crippen LogP contribution is -2.35. The molecule has 3 aliphatic heterocycles. The molecule has 0 radical (unpaired) electrons. The number of thiol groups is 1. The molecule has 4 unspecified atom stereocenters. The molecule has 248 valence electrons. The fraction of sp³-hybridized carbons (Fsp3) is 0.500. The van der Waals surface area contributed by atoms with E-state index in [0.717, 1.165) is 21.8 Å². The minimum atomic E-state index is -5.15. The molecule has 3 fully saturated rings. The van der Waals surface area contributed by atoms with E-state index in [1.165, 1.54) is 0 Å². The number of phosphoric ester groups is 1. The summed E-state index contributed by atoms with van der Waals surface area (Å²) in [5, 5.41) is 11.1. The number of nitrogen functional groups attached to an aromatic ring is 2. The van der Waals surface area contributed by atoms with Crippen LogP contribution >= 0.6 is 26.9 Å². The monoisotopic (exact) mass is 708 g/mol. The van der Waals surface area contributed by atoms with Crippen LogP contribution in [0.25, 0.3) is 22.3 Å². The van der Waals surface area contributed by atoms with Crippen LogP contribution in [0.5, 0.6) is 0 Å². The first-order valence-corrected chi connectivity index (χ1v) is 17.3. The van der Waals surface area contributed by atoms with Crippen molar-refractivity contribution in [3.8, 4) is 0 Å². The number of imidazole rings is 2. The Balaban J connectivity index is 1.21. The highest BCUT2D eigenvalue weighted by atomic mass is 32.7. The summed E-state index contributed by atoms with van der Waals surface area (Å²) in [6.07, 6.45) is -11.4. The second-order valence-electron chi connectivity index (χ2n) is 10.3. The first-order chi connectivity index (χ1) is 21.7. The van der Waals surface area contributed by atoms with Gasteiger partial charge in [-0.3, -0.25) is 46.8 Å². The van der Waals surface area contributed by atoms with Gasteiger partial charge in [-0.05, 0) is 0 Å². The molecule has 4 aromatic rings. The average Bonchev–Trinajstić information content (AvgIpc) is 3.72. The Kier molecular flexibility index (Phi) is 7.60. The molecular weight excluding hydrogens is 685 g/mol. The Morgan fingerprint density at radius 1 is 0.891 bits per heavy atom. The number of aliphatic hydroxyl groups excluding tert-OH is 1. The molecule has 0 aliphatic carbocycles. The minimum absolute atomic E-state index is 0.103. The summed E-state index contributed by atoms with van der Waals surface area (Å²) >= 11 is 3.99. The highest BCUT2D eigenvalue weighted by Gasteiger charge is 2.54. The van der Waals surface area contributed by atoms with Crippen LogP contribution in [0, 0.1) is 0 Å². The standard InChI is InChI=1S/C20H23FN10O12P2S/c21-7-11-6(41-17(7)30-3-24-8-13(30)26-19(22)28-15(8)33)2-39-45(37,46)43-12-10(32)5(1-38-44(35,36)42-11)40-18(12)31-4-25-9-14(31)27-20(23)29-16(9)34/h3-7,10-12,17-18,32H,1-2H2,(H,35,36)(H,37,46)(H3,22,26,28,33)(H3,23,27,29,34)/t5-,6-,7+,10?,11?,12+,17-,18-,45?/m1/s1. The lowest BCUT2D eigenvalue weighted by molar-refractivity contribution is -0.0619. The number of fused-ring (bicyclic) bond motifs is 5. The van der Waals surface area contributed by atoms with Crippen molar-refractivity contribution in [3.63, 3.8) is 0 Å². The van der Waals surface area contributed by atoms with Crippen LogP contribution in [-0.4, -0.2) is 98.9 Å². The summed E-state index contributed by atoms with van der Waals surface area (Å²) in [5.41, 5.74) is 9.24. The molecule has 0 aromatic carbocycles. The van der Waals surface area contributed by atoms with Crippen LogP contribution in [0.3, 0.4) is 0 Å². The number of hydrogen-bond acceptors (Lipinski definition) is 17. The lowest BCUT2D eigenvalue weighted by atomic mass is 10.1. The normalized spacial score (nSPS) is 37.1. The fourth-order valence-electron chi connectivity index (χ4n) is 5.33. The first kappa shape index (κ1) is 31.3. The molecule has 46 heavy (non-hydrogen) atoms. The van der Waals surface area contributed by atoms with Crippen LogP contribution in [0.15, 0.2) is 22.2 Å². The number of ether oxygens (including phenoxy) is 2. The SMILES string of the molecule is Nc1nc2c(ncn2[C@@H]2O[C@@H]3COP(=O)(S)O[C@H]4C(O)[C@@H](COP(=O)(O)OC3[C@@H]2F)O[C@H]4n2cnc3c(=O)[nH]c(N)nc32)c(=O)[nH]1. The zero-order chi connectivity index (χ0) is 32.7. The van der Waals surface area contributed by atoms with Crippen molar-refractivity contribution in [2.45, 2.75) is 49.1 Å². The Morgan fingerprint density at radius 3 is 2.04 bits per heavy atom. The number of nitrogens with one attached hydrogen (secondary N) is 2. The topological polar surface area (TPSA) is 309 Å². The molecule has 8 N–H and O–H groups in total. The van der Waals surface area contributed by atoms with Gasteiger partial charge < -0.3 is 30.9 Å². The van der Waals surface area contributed by atoms with Crippen molar-refractivity contribution in [2.75, 3.05) is 24.7 Å². The van der Waals surface area contributed by atoms with E-state index in [9.17, 15) is 28.7 Å². The molecule has 10 atom stereocenters. The average molecular weight is 708 g/mol. The van der Waals surface area contributed by atoms with Crippen molar-refractivity contribution >= 4 is 61.1 Å². The van der Waals surface area contributed by atoms with Gasteiger partial charge in [-0.2, -0.15) is 9.97 Å². The van der Waals surface area contributed by atoms with E-state index in [0.29, 0.717) is 0 Å². The maximum absolute atomic E-state index is 15.9. The smallest absolute Gasteiger partial charge is 0.387 e. The maximum Gasteiger partial charge on any atom is 0.472 e. The Labute approximate surface area is 258 Å². The second kappa shape index (κ2) is 11.2. The molecular formula is C20H23FN10O12P2S. The molecule has 3 saturated heterocycles. The van der Waals surface area contributed by atoms with Gasteiger partial charge in [0.2, 0.25) is 11.9 Å². The number of anilines is 2. The van der Waals surface area contributed by atoms with E-state index < -0.39 is 88.1 Å². The Hall–Kier alpha value is -3.28. The Bertz CT molecular complexity index is 2060. The van der Waals surface area contributed by atoms with Crippen molar-refractivity contribution < 1.29 is 51.1 Å². The second-order valence-corrected chi connectivity index (χ2v) is 14.6. The van der Waals surface area contributed by atoms with E-state index in [1.807, 2.05) is 0 Å². The zero-order valence-corrected chi connectivity index (χ0v) is 25.4. The van der Waals surface area contributed by atoms with E-state index in [1.54, 1.807) is 0 Å². The zero-order valence-electron chi connectivity index (χ0n) is 22.7. The van der Waals surface area contributed by atoms with Gasteiger partial charge in [0.1, 0.15) is 30.5 Å². The Morgan fingerprint density at radius 2 is 1.43 bits per heavy atom. The number of aromatic amines is 2. The van der Waals surface area contributed by atoms with Crippen molar-refractivity contribution in [2.24, 2.45) is 0 Å². The molecule has 0 saturated carbocycles. The van der Waals surface area contributed by atoms with Gasteiger partial charge in [-0.25, -0.2) is 23.5 Å². The molecule has 22 nitrogen and oxygen atoms in total. The summed E-state index contributed by atoms with van der Waals surface area (Å²) in [6.45, 7) is -6.14. The molecule has 0 amide bonds. The van der Waals surface area contributed by atoms with Gasteiger partial charge in [0.25, 0.3) is 11.1 Å².